The first-order valence-electron chi connectivity index (χ1n) is 10.4. The minimum absolute atomic E-state index is 0.229. The van der Waals surface area contributed by atoms with Gasteiger partial charge in [-0.05, 0) is 53.9 Å². The molecule has 5 aromatic rings. The molecule has 6 heteroatoms. The summed E-state index contributed by atoms with van der Waals surface area (Å²) < 4.78 is 0. The molecule has 0 aliphatic rings. The predicted octanol–water partition coefficient (Wildman–Crippen LogP) is 6.47. The van der Waals surface area contributed by atoms with Crippen molar-refractivity contribution in [2.45, 2.75) is 0 Å². The zero-order valence-corrected chi connectivity index (χ0v) is 18.3. The number of hydrogen-bond acceptors (Lipinski definition) is 4. The van der Waals surface area contributed by atoms with Crippen molar-refractivity contribution in [1.29, 1.82) is 0 Å². The van der Waals surface area contributed by atoms with Gasteiger partial charge in [0, 0.05) is 32.6 Å². The number of fused-ring (bicyclic) bond motifs is 1. The number of amides is 2. The Hall–Kier alpha value is -4.29. The Morgan fingerprint density at radius 2 is 1.58 bits per heavy atom. The van der Waals surface area contributed by atoms with Crippen LogP contribution in [0.4, 0.5) is 11.5 Å². The molecule has 5 rings (SSSR count). The van der Waals surface area contributed by atoms with Gasteiger partial charge in [-0.25, -0.2) is 4.98 Å². The zero-order valence-electron chi connectivity index (χ0n) is 17.5. The summed E-state index contributed by atoms with van der Waals surface area (Å²) in [6, 6.07) is 29.7. The van der Waals surface area contributed by atoms with Crippen molar-refractivity contribution in [3.63, 3.8) is 0 Å². The van der Waals surface area contributed by atoms with Crippen LogP contribution in [0, 0.1) is 0 Å². The van der Waals surface area contributed by atoms with Crippen molar-refractivity contribution in [3.05, 3.63) is 114 Å². The van der Waals surface area contributed by atoms with Crippen molar-refractivity contribution in [2.75, 3.05) is 10.6 Å². The lowest BCUT2D eigenvalue weighted by Gasteiger charge is -2.11. The lowest BCUT2D eigenvalue weighted by molar-refractivity contribution is 0.101. The van der Waals surface area contributed by atoms with Gasteiger partial charge in [0.25, 0.3) is 11.8 Å². The Kier molecular flexibility index (Phi) is 5.66. The molecule has 5 nitrogen and oxygen atoms in total. The Labute approximate surface area is 194 Å². The van der Waals surface area contributed by atoms with Crippen LogP contribution in [0.1, 0.15) is 20.7 Å². The van der Waals surface area contributed by atoms with Crippen molar-refractivity contribution >= 4 is 45.6 Å². The highest BCUT2D eigenvalue weighted by molar-refractivity contribution is 7.13. The van der Waals surface area contributed by atoms with E-state index in [0.717, 1.165) is 21.3 Å². The number of carbonyl (C=O) groups is 2. The van der Waals surface area contributed by atoms with E-state index >= 15 is 0 Å². The molecule has 0 saturated heterocycles. The topological polar surface area (TPSA) is 71.1 Å². The Bertz CT molecular complexity index is 1460. The molecule has 0 aliphatic heterocycles. The number of hydrogen-bond donors (Lipinski definition) is 2. The maximum Gasteiger partial charge on any atom is 0.256 e. The van der Waals surface area contributed by atoms with Gasteiger partial charge in [0.15, 0.2) is 0 Å². The summed E-state index contributed by atoms with van der Waals surface area (Å²) in [7, 11) is 0. The summed E-state index contributed by atoms with van der Waals surface area (Å²) in [5, 5.41) is 8.73. The van der Waals surface area contributed by atoms with E-state index in [1.54, 1.807) is 47.7 Å². The molecule has 160 valence electrons. The van der Waals surface area contributed by atoms with Crippen molar-refractivity contribution in [3.8, 4) is 10.4 Å². The summed E-state index contributed by atoms with van der Waals surface area (Å²) in [5.41, 5.74) is 3.23. The van der Waals surface area contributed by atoms with E-state index in [2.05, 4.69) is 15.6 Å². The number of para-hydroxylation sites is 1. The van der Waals surface area contributed by atoms with Crippen molar-refractivity contribution in [2.24, 2.45) is 0 Å². The molecule has 2 heterocycles. The van der Waals surface area contributed by atoms with E-state index in [1.165, 1.54) is 0 Å². The van der Waals surface area contributed by atoms with Gasteiger partial charge in [-0.15, -0.1) is 11.3 Å². The molecule has 0 atom stereocenters. The first-order valence-corrected chi connectivity index (χ1v) is 11.3. The minimum Gasteiger partial charge on any atom is -0.322 e. The van der Waals surface area contributed by atoms with Gasteiger partial charge in [-0.2, -0.15) is 0 Å². The van der Waals surface area contributed by atoms with Crippen molar-refractivity contribution < 1.29 is 9.59 Å². The zero-order chi connectivity index (χ0) is 22.6. The number of thiophene rings is 1. The van der Waals surface area contributed by atoms with Crippen molar-refractivity contribution in [1.82, 2.24) is 4.98 Å². The average molecular weight is 450 g/mol. The predicted molar refractivity (Wildman–Crippen MR) is 134 cm³/mol. The monoisotopic (exact) mass is 449 g/mol. The molecular weight excluding hydrogens is 430 g/mol. The molecule has 0 fully saturated rings. The quantitative estimate of drug-likeness (QED) is 0.323. The second-order valence-corrected chi connectivity index (χ2v) is 8.35. The lowest BCUT2D eigenvalue weighted by atomic mass is 10.1. The highest BCUT2D eigenvalue weighted by Crippen LogP contribution is 2.28. The number of carbonyl (C=O) groups excluding carboxylic acids is 2. The molecule has 2 amide bonds. The van der Waals surface area contributed by atoms with E-state index in [9.17, 15) is 9.59 Å². The summed E-state index contributed by atoms with van der Waals surface area (Å²) in [6.07, 6.45) is 0. The second kappa shape index (κ2) is 9.06. The van der Waals surface area contributed by atoms with Crippen LogP contribution >= 0.6 is 11.3 Å². The third-order valence-electron chi connectivity index (χ3n) is 5.18. The summed E-state index contributed by atoms with van der Waals surface area (Å²) in [4.78, 5) is 31.3. The molecule has 33 heavy (non-hydrogen) atoms. The van der Waals surface area contributed by atoms with E-state index < -0.39 is 0 Å². The highest BCUT2D eigenvalue weighted by atomic mass is 32.1. The first kappa shape index (κ1) is 20.6. The molecule has 0 radical (unpaired) electrons. The van der Waals surface area contributed by atoms with Crippen LogP contribution < -0.4 is 10.6 Å². The van der Waals surface area contributed by atoms with Crippen LogP contribution in [0.15, 0.2) is 102 Å². The lowest BCUT2D eigenvalue weighted by Crippen LogP contribution is -2.15. The molecule has 0 saturated carbocycles. The maximum absolute atomic E-state index is 13.0. The number of pyridine rings is 1. The van der Waals surface area contributed by atoms with Crippen LogP contribution in [0.5, 0.6) is 0 Å². The van der Waals surface area contributed by atoms with Crippen LogP contribution in [0.2, 0.25) is 0 Å². The second-order valence-electron chi connectivity index (χ2n) is 7.40. The molecule has 2 aromatic heterocycles. The van der Waals surface area contributed by atoms with Gasteiger partial charge in [-0.1, -0.05) is 48.5 Å². The van der Waals surface area contributed by atoms with Crippen LogP contribution in [-0.2, 0) is 0 Å². The van der Waals surface area contributed by atoms with E-state index in [-0.39, 0.29) is 11.8 Å². The van der Waals surface area contributed by atoms with Gasteiger partial charge in [-0.3, -0.25) is 9.59 Å². The summed E-state index contributed by atoms with van der Waals surface area (Å²) >= 11 is 1.58. The van der Waals surface area contributed by atoms with E-state index in [1.807, 2.05) is 66.0 Å². The number of nitrogens with one attached hydrogen (secondary N) is 2. The third-order valence-corrected chi connectivity index (χ3v) is 6.08. The number of nitrogens with zero attached hydrogens (tertiary/aromatic N) is 1. The minimum atomic E-state index is -0.298. The van der Waals surface area contributed by atoms with E-state index in [4.69, 9.17) is 0 Å². The normalized spacial score (nSPS) is 10.7. The summed E-state index contributed by atoms with van der Waals surface area (Å²) in [6.45, 7) is 0. The van der Waals surface area contributed by atoms with Crippen LogP contribution in [0.25, 0.3) is 21.3 Å². The van der Waals surface area contributed by atoms with Gasteiger partial charge in [0.1, 0.15) is 5.82 Å². The maximum atomic E-state index is 13.0. The van der Waals surface area contributed by atoms with E-state index in [0.29, 0.717) is 22.6 Å². The molecule has 0 aliphatic carbocycles. The Balaban J connectivity index is 1.34. The number of anilines is 2. The van der Waals surface area contributed by atoms with Crippen LogP contribution in [0.3, 0.4) is 0 Å². The molecule has 0 spiro atoms. The standard InChI is InChI=1S/C27H19N3O2S/c31-26(30-25-15-14-18-7-1-4-12-23(18)29-25)19-8-5-9-20(17-19)28-27(32)22-11-3-2-10-21(22)24-13-6-16-33-24/h1-17H,(H,28,32)(H,29,30,31). The summed E-state index contributed by atoms with van der Waals surface area (Å²) in [5.74, 6) is -0.0568. The number of benzene rings is 3. The fourth-order valence-corrected chi connectivity index (χ4v) is 4.35. The van der Waals surface area contributed by atoms with Gasteiger partial charge in [0.2, 0.25) is 0 Å². The third kappa shape index (κ3) is 4.51. The fraction of sp³-hybridized carbons (Fsp3) is 0. The average Bonchev–Trinajstić information content (AvgIpc) is 3.39. The molecular formula is C27H19N3O2S. The molecule has 2 N–H and O–H groups in total. The Morgan fingerprint density at radius 3 is 2.45 bits per heavy atom. The first-order chi connectivity index (χ1) is 16.2. The Morgan fingerprint density at radius 1 is 0.727 bits per heavy atom. The number of aromatic nitrogens is 1. The molecule has 0 unspecified atom stereocenters. The van der Waals surface area contributed by atoms with Gasteiger partial charge >= 0.3 is 0 Å². The highest BCUT2D eigenvalue weighted by Gasteiger charge is 2.14. The SMILES string of the molecule is O=C(Nc1ccc2ccccc2n1)c1cccc(NC(=O)c2ccccc2-c2cccs2)c1. The fourth-order valence-electron chi connectivity index (χ4n) is 3.59. The largest absolute Gasteiger partial charge is 0.322 e. The smallest absolute Gasteiger partial charge is 0.256 e. The van der Waals surface area contributed by atoms with Gasteiger partial charge in [0.05, 0.1) is 5.52 Å². The number of rotatable bonds is 5. The van der Waals surface area contributed by atoms with Crippen LogP contribution in [-0.4, -0.2) is 16.8 Å². The molecule has 3 aromatic carbocycles. The van der Waals surface area contributed by atoms with Gasteiger partial charge < -0.3 is 10.6 Å². The molecule has 0 bridgehead atoms.